The van der Waals surface area contributed by atoms with Crippen LogP contribution in [-0.2, 0) is 4.79 Å². The highest BCUT2D eigenvalue weighted by Gasteiger charge is 2.25. The summed E-state index contributed by atoms with van der Waals surface area (Å²) in [4.78, 5) is 18.8. The topological polar surface area (TPSA) is 78.0 Å². The zero-order valence-electron chi connectivity index (χ0n) is 18.5. The molecule has 0 aromatic heterocycles. The fourth-order valence-corrected chi connectivity index (χ4v) is 3.29. The maximum Gasteiger partial charge on any atom is 0.225 e. The maximum absolute atomic E-state index is 11.9. The number of nitrogens with zero attached hydrogens (tertiary/aromatic N) is 2. The van der Waals surface area contributed by atoms with E-state index in [0.717, 1.165) is 43.5 Å². The second kappa shape index (κ2) is 12.4. The number of aliphatic imine (C=N–C) groups is 1. The third kappa shape index (κ3) is 8.02. The molecule has 0 spiro atoms. The Balaban J connectivity index is 0.00000450. The van der Waals surface area contributed by atoms with Crippen molar-refractivity contribution in [1.29, 1.82) is 0 Å². The Hall–Kier alpha value is -1.42. The van der Waals surface area contributed by atoms with Gasteiger partial charge in [-0.2, -0.15) is 0 Å². The lowest BCUT2D eigenvalue weighted by atomic mass is 9.96. The average Bonchev–Trinajstić information content (AvgIpc) is 3.12. The highest BCUT2D eigenvalue weighted by molar-refractivity contribution is 14.0. The molecular formula is C21H35ClIN5O2. The van der Waals surface area contributed by atoms with Crippen LogP contribution in [0.15, 0.2) is 23.2 Å². The predicted molar refractivity (Wildman–Crippen MR) is 136 cm³/mol. The van der Waals surface area contributed by atoms with Crippen molar-refractivity contribution in [2.45, 2.75) is 40.2 Å². The highest BCUT2D eigenvalue weighted by Crippen LogP contribution is 2.33. The van der Waals surface area contributed by atoms with Crippen molar-refractivity contribution in [3.63, 3.8) is 0 Å². The lowest BCUT2D eigenvalue weighted by Crippen LogP contribution is -2.45. The van der Waals surface area contributed by atoms with Gasteiger partial charge in [-0.25, -0.2) is 0 Å². The summed E-state index contributed by atoms with van der Waals surface area (Å²) in [5, 5.41) is 10.4. The largest absolute Gasteiger partial charge is 0.495 e. The van der Waals surface area contributed by atoms with Crippen molar-refractivity contribution < 1.29 is 9.53 Å². The van der Waals surface area contributed by atoms with Crippen LogP contribution in [0, 0.1) is 5.41 Å². The number of rotatable bonds is 7. The minimum absolute atomic E-state index is 0. The molecule has 30 heavy (non-hydrogen) atoms. The van der Waals surface area contributed by atoms with Crippen LogP contribution in [0.25, 0.3) is 0 Å². The maximum atomic E-state index is 11.9. The zero-order chi connectivity index (χ0) is 21.4. The van der Waals surface area contributed by atoms with Gasteiger partial charge in [0.1, 0.15) is 5.75 Å². The van der Waals surface area contributed by atoms with E-state index in [1.807, 2.05) is 45.9 Å². The molecule has 170 valence electrons. The van der Waals surface area contributed by atoms with Crippen LogP contribution in [0.3, 0.4) is 0 Å². The summed E-state index contributed by atoms with van der Waals surface area (Å²) in [6.45, 7) is 11.3. The fourth-order valence-electron chi connectivity index (χ4n) is 3.12. The van der Waals surface area contributed by atoms with Gasteiger partial charge < -0.3 is 25.6 Å². The monoisotopic (exact) mass is 551 g/mol. The van der Waals surface area contributed by atoms with E-state index in [-0.39, 0.29) is 41.3 Å². The van der Waals surface area contributed by atoms with Crippen molar-refractivity contribution in [1.82, 2.24) is 16.0 Å². The number of hydrogen-bond acceptors (Lipinski definition) is 4. The van der Waals surface area contributed by atoms with Crippen molar-refractivity contribution in [2.24, 2.45) is 10.4 Å². The number of hydrogen-bond donors (Lipinski definition) is 3. The summed E-state index contributed by atoms with van der Waals surface area (Å²) < 4.78 is 5.48. The van der Waals surface area contributed by atoms with E-state index in [9.17, 15) is 4.79 Å². The standard InChI is InChI=1S/C21H34ClN5O2.HI/c1-6-23-20(25-11-10-24-19(28)21(2,3)4)26-16-9-12-27(14-16)17-13-15(22)7-8-18(17)29-5;/h7-8,13,16H,6,9-12,14H2,1-5H3,(H,24,28)(H2,23,25,26);1H. The minimum atomic E-state index is -0.388. The summed E-state index contributed by atoms with van der Waals surface area (Å²) in [7, 11) is 1.67. The number of ether oxygens (including phenoxy) is 1. The summed E-state index contributed by atoms with van der Waals surface area (Å²) in [6, 6.07) is 5.94. The number of guanidine groups is 1. The second-order valence-corrected chi connectivity index (χ2v) is 8.60. The molecule has 1 heterocycles. The lowest BCUT2D eigenvalue weighted by molar-refractivity contribution is -0.128. The Labute approximate surface area is 202 Å². The lowest BCUT2D eigenvalue weighted by Gasteiger charge is -2.22. The Kier molecular flexibility index (Phi) is 11.0. The molecule has 3 N–H and O–H groups in total. The molecule has 9 heteroatoms. The molecule has 1 atom stereocenters. The van der Waals surface area contributed by atoms with Crippen LogP contribution in [0.5, 0.6) is 5.75 Å². The molecule has 1 aromatic carbocycles. The number of halogens is 2. The van der Waals surface area contributed by atoms with E-state index < -0.39 is 0 Å². The van der Waals surface area contributed by atoms with E-state index in [4.69, 9.17) is 16.3 Å². The van der Waals surface area contributed by atoms with E-state index in [1.165, 1.54) is 0 Å². The summed E-state index contributed by atoms with van der Waals surface area (Å²) in [5.74, 6) is 1.63. The van der Waals surface area contributed by atoms with Gasteiger partial charge in [-0.1, -0.05) is 32.4 Å². The normalized spacial score (nSPS) is 16.7. The number of benzene rings is 1. The van der Waals surface area contributed by atoms with Gasteiger partial charge in [0.05, 0.1) is 19.3 Å². The molecule has 1 amide bonds. The van der Waals surface area contributed by atoms with E-state index in [1.54, 1.807) is 7.11 Å². The minimum Gasteiger partial charge on any atom is -0.495 e. The number of carbonyl (C=O) groups excluding carboxylic acids is 1. The first-order chi connectivity index (χ1) is 13.7. The summed E-state index contributed by atoms with van der Waals surface area (Å²) >= 11 is 6.18. The van der Waals surface area contributed by atoms with Crippen LogP contribution in [0.1, 0.15) is 34.1 Å². The molecule has 0 radical (unpaired) electrons. The van der Waals surface area contributed by atoms with Crippen LogP contribution < -0.4 is 25.6 Å². The summed E-state index contributed by atoms with van der Waals surface area (Å²) in [5.41, 5.74) is 0.623. The van der Waals surface area contributed by atoms with Gasteiger partial charge in [0.15, 0.2) is 5.96 Å². The first-order valence-corrected chi connectivity index (χ1v) is 10.5. The molecule has 0 aliphatic carbocycles. The van der Waals surface area contributed by atoms with Crippen molar-refractivity contribution in [2.75, 3.05) is 44.7 Å². The summed E-state index contributed by atoms with van der Waals surface area (Å²) in [6.07, 6.45) is 0.987. The van der Waals surface area contributed by atoms with Gasteiger partial charge in [0.25, 0.3) is 0 Å². The quantitative estimate of drug-likeness (QED) is 0.210. The highest BCUT2D eigenvalue weighted by atomic mass is 127. The SMILES string of the molecule is CCNC(=NCCNC(=O)C(C)(C)C)NC1CCN(c2cc(Cl)ccc2OC)C1.I. The van der Waals surface area contributed by atoms with Crippen LogP contribution in [0.4, 0.5) is 5.69 Å². The predicted octanol–water partition coefficient (Wildman–Crippen LogP) is 3.26. The number of anilines is 1. The number of amides is 1. The molecule has 1 fully saturated rings. The molecule has 1 unspecified atom stereocenters. The van der Waals surface area contributed by atoms with Crippen molar-refractivity contribution in [3.8, 4) is 5.75 Å². The van der Waals surface area contributed by atoms with Crippen LogP contribution in [0.2, 0.25) is 5.02 Å². The molecule has 1 aliphatic heterocycles. The second-order valence-electron chi connectivity index (χ2n) is 8.16. The van der Waals surface area contributed by atoms with Crippen LogP contribution in [-0.4, -0.2) is 57.7 Å². The third-order valence-corrected chi connectivity index (χ3v) is 4.94. The van der Waals surface area contributed by atoms with Crippen molar-refractivity contribution in [3.05, 3.63) is 23.2 Å². The molecule has 0 bridgehead atoms. The Morgan fingerprint density at radius 3 is 2.70 bits per heavy atom. The van der Waals surface area contributed by atoms with Gasteiger partial charge in [-0.3, -0.25) is 9.79 Å². The molecular weight excluding hydrogens is 517 g/mol. The molecule has 1 saturated heterocycles. The smallest absolute Gasteiger partial charge is 0.225 e. The first-order valence-electron chi connectivity index (χ1n) is 10.2. The third-order valence-electron chi connectivity index (χ3n) is 4.70. The van der Waals surface area contributed by atoms with Gasteiger partial charge in [0, 0.05) is 42.7 Å². The zero-order valence-corrected chi connectivity index (χ0v) is 21.6. The molecule has 1 aliphatic rings. The van der Waals surface area contributed by atoms with Crippen LogP contribution >= 0.6 is 35.6 Å². The van der Waals surface area contributed by atoms with Gasteiger partial charge in [-0.15, -0.1) is 24.0 Å². The molecule has 0 saturated carbocycles. The van der Waals surface area contributed by atoms with Gasteiger partial charge >= 0.3 is 0 Å². The van der Waals surface area contributed by atoms with Crippen molar-refractivity contribution >= 4 is 53.1 Å². The average molecular weight is 552 g/mol. The Morgan fingerprint density at radius 2 is 2.07 bits per heavy atom. The fraction of sp³-hybridized carbons (Fsp3) is 0.619. The van der Waals surface area contributed by atoms with E-state index >= 15 is 0 Å². The molecule has 7 nitrogen and oxygen atoms in total. The Bertz CT molecular complexity index is 724. The first kappa shape index (κ1) is 26.6. The van der Waals surface area contributed by atoms with E-state index in [2.05, 4.69) is 25.8 Å². The number of carbonyl (C=O) groups is 1. The number of methoxy groups -OCH3 is 1. The van der Waals surface area contributed by atoms with Gasteiger partial charge in [-0.05, 0) is 31.5 Å². The molecule has 2 rings (SSSR count). The van der Waals surface area contributed by atoms with E-state index in [0.29, 0.717) is 18.1 Å². The van der Waals surface area contributed by atoms with Gasteiger partial charge in [0.2, 0.25) is 5.91 Å². The Morgan fingerprint density at radius 1 is 1.33 bits per heavy atom. The molecule has 1 aromatic rings. The number of nitrogens with one attached hydrogen (secondary N) is 3.